The summed E-state index contributed by atoms with van der Waals surface area (Å²) in [6, 6.07) is 11.2. The summed E-state index contributed by atoms with van der Waals surface area (Å²) in [4.78, 5) is 37.5. The monoisotopic (exact) mass is 523 g/mol. The first kappa shape index (κ1) is 28.3. The van der Waals surface area contributed by atoms with E-state index in [1.165, 1.54) is 34.6 Å². The van der Waals surface area contributed by atoms with Gasteiger partial charge in [0.2, 0.25) is 10.0 Å². The maximum Gasteiger partial charge on any atom is 0.329 e. The van der Waals surface area contributed by atoms with E-state index in [1.807, 2.05) is 0 Å². The number of rotatable bonds is 11. The van der Waals surface area contributed by atoms with Crippen LogP contribution in [0.2, 0.25) is 5.02 Å². The summed E-state index contributed by atoms with van der Waals surface area (Å²) in [5.74, 6) is -2.30. The number of nitrogens with one attached hydrogen (secondary N) is 2. The number of amides is 2. The molecule has 0 aliphatic heterocycles. The third-order valence-corrected chi connectivity index (χ3v) is 7.51. The van der Waals surface area contributed by atoms with E-state index in [2.05, 4.69) is 10.6 Å². The molecule has 0 aliphatic carbocycles. The van der Waals surface area contributed by atoms with Crippen molar-refractivity contribution in [1.82, 2.24) is 9.62 Å². The SMILES string of the molecule is CCN(CC)S(=O)(=O)c1cccc(NC(=O)COC(=O)[C@@H](NC(=O)c2ccccc2Cl)C(C)C)c1. The Morgan fingerprint density at radius 1 is 1.03 bits per heavy atom. The average Bonchev–Trinajstić information content (AvgIpc) is 2.81. The summed E-state index contributed by atoms with van der Waals surface area (Å²) < 4.78 is 31.8. The molecule has 35 heavy (non-hydrogen) atoms. The zero-order valence-electron chi connectivity index (χ0n) is 20.1. The Morgan fingerprint density at radius 3 is 2.29 bits per heavy atom. The third-order valence-electron chi connectivity index (χ3n) is 5.13. The highest BCUT2D eigenvalue weighted by Gasteiger charge is 2.27. The molecule has 2 rings (SSSR count). The Balaban J connectivity index is 2.02. The van der Waals surface area contributed by atoms with E-state index in [4.69, 9.17) is 16.3 Å². The molecule has 11 heteroatoms. The highest BCUT2D eigenvalue weighted by molar-refractivity contribution is 7.89. The van der Waals surface area contributed by atoms with Crippen LogP contribution in [0.15, 0.2) is 53.4 Å². The van der Waals surface area contributed by atoms with Crippen molar-refractivity contribution in [3.63, 3.8) is 0 Å². The van der Waals surface area contributed by atoms with Crippen LogP contribution in [0.1, 0.15) is 38.1 Å². The van der Waals surface area contributed by atoms with Crippen LogP contribution in [-0.2, 0) is 24.3 Å². The van der Waals surface area contributed by atoms with Crippen LogP contribution >= 0.6 is 11.6 Å². The molecule has 0 heterocycles. The van der Waals surface area contributed by atoms with E-state index >= 15 is 0 Å². The molecule has 0 fully saturated rings. The molecule has 190 valence electrons. The van der Waals surface area contributed by atoms with E-state index in [-0.39, 0.29) is 27.1 Å². The van der Waals surface area contributed by atoms with Crippen LogP contribution in [0, 0.1) is 5.92 Å². The maximum atomic E-state index is 12.7. The number of hydrogen-bond acceptors (Lipinski definition) is 6. The normalized spacial score (nSPS) is 12.3. The summed E-state index contributed by atoms with van der Waals surface area (Å²) in [5, 5.41) is 5.36. The van der Waals surface area contributed by atoms with Gasteiger partial charge in [0.1, 0.15) is 6.04 Å². The molecule has 2 amide bonds. The largest absolute Gasteiger partial charge is 0.454 e. The molecule has 9 nitrogen and oxygen atoms in total. The Bertz CT molecular complexity index is 1170. The fraction of sp³-hybridized carbons (Fsp3) is 0.375. The van der Waals surface area contributed by atoms with Gasteiger partial charge in [0.05, 0.1) is 15.5 Å². The molecule has 0 saturated carbocycles. The van der Waals surface area contributed by atoms with E-state index in [0.717, 1.165) is 0 Å². The number of anilines is 1. The van der Waals surface area contributed by atoms with Crippen molar-refractivity contribution in [2.75, 3.05) is 25.0 Å². The van der Waals surface area contributed by atoms with Gasteiger partial charge >= 0.3 is 5.97 Å². The summed E-state index contributed by atoms with van der Waals surface area (Å²) in [5.41, 5.74) is 0.455. The number of nitrogens with zero attached hydrogens (tertiary/aromatic N) is 1. The lowest BCUT2D eigenvalue weighted by molar-refractivity contribution is -0.150. The van der Waals surface area contributed by atoms with E-state index < -0.39 is 40.5 Å². The molecule has 1 atom stereocenters. The minimum atomic E-state index is -3.70. The Kier molecular flexibility index (Phi) is 10.2. The van der Waals surface area contributed by atoms with Crippen molar-refractivity contribution < 1.29 is 27.5 Å². The van der Waals surface area contributed by atoms with Crippen LogP contribution in [0.4, 0.5) is 5.69 Å². The molecule has 2 aromatic rings. The second-order valence-electron chi connectivity index (χ2n) is 7.95. The van der Waals surface area contributed by atoms with Gasteiger partial charge in [-0.2, -0.15) is 4.31 Å². The van der Waals surface area contributed by atoms with Gasteiger partial charge in [-0.25, -0.2) is 13.2 Å². The Labute approximate surface area is 210 Å². The summed E-state index contributed by atoms with van der Waals surface area (Å²) in [6.45, 7) is 6.94. The topological polar surface area (TPSA) is 122 Å². The summed E-state index contributed by atoms with van der Waals surface area (Å²) in [7, 11) is -3.70. The number of ether oxygens (including phenoxy) is 1. The molecule has 0 aromatic heterocycles. The van der Waals surface area contributed by atoms with Crippen LogP contribution in [0.3, 0.4) is 0 Å². The van der Waals surface area contributed by atoms with Gasteiger partial charge in [-0.1, -0.05) is 57.5 Å². The number of sulfonamides is 1. The van der Waals surface area contributed by atoms with E-state index in [0.29, 0.717) is 13.1 Å². The molecule has 0 bridgehead atoms. The standard InChI is InChI=1S/C24H30ClN3O6S/c1-5-28(6-2)35(32,33)18-11-9-10-17(14-18)26-21(29)15-34-24(31)22(16(3)4)27-23(30)19-12-7-8-13-20(19)25/h7-14,16,22H,5-6,15H2,1-4H3,(H,26,29)(H,27,30)/t22-/m0/s1. The van der Waals surface area contributed by atoms with E-state index in [1.54, 1.807) is 45.9 Å². The quantitative estimate of drug-likeness (QED) is 0.436. The van der Waals surface area contributed by atoms with Crippen molar-refractivity contribution in [3.8, 4) is 0 Å². The van der Waals surface area contributed by atoms with Gasteiger partial charge in [0.25, 0.3) is 11.8 Å². The predicted octanol–water partition coefficient (Wildman–Crippen LogP) is 3.31. The molecule has 0 radical (unpaired) electrons. The predicted molar refractivity (Wildman–Crippen MR) is 134 cm³/mol. The number of halogens is 1. The lowest BCUT2D eigenvalue weighted by Crippen LogP contribution is -2.46. The number of carbonyl (C=O) groups excluding carboxylic acids is 3. The minimum absolute atomic E-state index is 0.0400. The van der Waals surface area contributed by atoms with Gasteiger partial charge in [0, 0.05) is 18.8 Å². The van der Waals surface area contributed by atoms with Crippen molar-refractivity contribution in [2.45, 2.75) is 38.6 Å². The lowest BCUT2D eigenvalue weighted by Gasteiger charge is -2.21. The highest BCUT2D eigenvalue weighted by Crippen LogP contribution is 2.20. The lowest BCUT2D eigenvalue weighted by atomic mass is 10.0. The summed E-state index contributed by atoms with van der Waals surface area (Å²) in [6.07, 6.45) is 0. The second-order valence-corrected chi connectivity index (χ2v) is 10.3. The highest BCUT2D eigenvalue weighted by atomic mass is 35.5. The number of esters is 1. The zero-order chi connectivity index (χ0) is 26.2. The fourth-order valence-corrected chi connectivity index (χ4v) is 4.96. The van der Waals surface area contributed by atoms with E-state index in [9.17, 15) is 22.8 Å². The van der Waals surface area contributed by atoms with Crippen LogP contribution < -0.4 is 10.6 Å². The summed E-state index contributed by atoms with van der Waals surface area (Å²) >= 11 is 6.04. The van der Waals surface area contributed by atoms with Crippen LogP contribution in [0.5, 0.6) is 0 Å². The third kappa shape index (κ3) is 7.51. The van der Waals surface area contributed by atoms with Gasteiger partial charge in [-0.05, 0) is 36.2 Å². The van der Waals surface area contributed by atoms with Gasteiger partial charge in [-0.15, -0.1) is 0 Å². The molecule has 0 spiro atoms. The molecular weight excluding hydrogens is 494 g/mol. The van der Waals surface area contributed by atoms with Crippen molar-refractivity contribution >= 4 is 45.1 Å². The minimum Gasteiger partial charge on any atom is -0.454 e. The molecule has 0 unspecified atom stereocenters. The van der Waals surface area contributed by atoms with Crippen LogP contribution in [-0.4, -0.2) is 56.2 Å². The zero-order valence-corrected chi connectivity index (χ0v) is 21.7. The van der Waals surface area contributed by atoms with Gasteiger partial charge in [0.15, 0.2) is 6.61 Å². The molecule has 0 aliphatic rings. The number of carbonyl (C=O) groups is 3. The van der Waals surface area contributed by atoms with Crippen molar-refractivity contribution in [3.05, 3.63) is 59.1 Å². The smallest absolute Gasteiger partial charge is 0.329 e. The first-order chi connectivity index (χ1) is 16.5. The molecule has 0 saturated heterocycles. The molecule has 2 N–H and O–H groups in total. The molecule has 2 aromatic carbocycles. The Hall–Kier alpha value is -2.95. The van der Waals surface area contributed by atoms with Crippen LogP contribution in [0.25, 0.3) is 0 Å². The van der Waals surface area contributed by atoms with Crippen molar-refractivity contribution in [1.29, 1.82) is 0 Å². The number of hydrogen-bond donors (Lipinski definition) is 2. The first-order valence-corrected chi connectivity index (χ1v) is 12.9. The van der Waals surface area contributed by atoms with Crippen molar-refractivity contribution in [2.24, 2.45) is 5.92 Å². The second kappa shape index (κ2) is 12.7. The fourth-order valence-electron chi connectivity index (χ4n) is 3.23. The average molecular weight is 524 g/mol. The number of benzene rings is 2. The first-order valence-electron chi connectivity index (χ1n) is 11.1. The van der Waals surface area contributed by atoms with Gasteiger partial charge < -0.3 is 15.4 Å². The maximum absolute atomic E-state index is 12.7. The Morgan fingerprint density at radius 2 is 1.69 bits per heavy atom. The molecular formula is C24H30ClN3O6S. The van der Waals surface area contributed by atoms with Gasteiger partial charge in [-0.3, -0.25) is 9.59 Å².